The normalized spacial score (nSPS) is 18.2. The number of fused-ring (bicyclic) bond motifs is 1. The molecule has 3 heteroatoms. The van der Waals surface area contributed by atoms with E-state index in [-0.39, 0.29) is 5.41 Å². The van der Waals surface area contributed by atoms with E-state index in [0.29, 0.717) is 6.04 Å². The fraction of sp³-hybridized carbons (Fsp3) is 0.500. The first-order valence-corrected chi connectivity index (χ1v) is 7.77. The standard InChI is InChI=1S/C18H25N3/c1-12-6-7-14(10-13(12)2)15-8-9-19-17-11-16(18(3,4)5)20-21(15)17/h6-7,10-11,15,19H,8-9H2,1-5H3. The Balaban J connectivity index is 2.03. The predicted octanol–water partition coefficient (Wildman–Crippen LogP) is 4.20. The van der Waals surface area contributed by atoms with Gasteiger partial charge < -0.3 is 5.32 Å². The summed E-state index contributed by atoms with van der Waals surface area (Å²) in [6.45, 7) is 12.0. The summed E-state index contributed by atoms with van der Waals surface area (Å²) in [6, 6.07) is 9.33. The van der Waals surface area contributed by atoms with Crippen LogP contribution in [0.1, 0.15) is 55.6 Å². The molecule has 0 fully saturated rings. The smallest absolute Gasteiger partial charge is 0.125 e. The van der Waals surface area contributed by atoms with E-state index in [4.69, 9.17) is 5.10 Å². The maximum Gasteiger partial charge on any atom is 0.125 e. The van der Waals surface area contributed by atoms with Crippen LogP contribution < -0.4 is 5.32 Å². The third kappa shape index (κ3) is 2.57. The van der Waals surface area contributed by atoms with Gasteiger partial charge in [-0.15, -0.1) is 0 Å². The van der Waals surface area contributed by atoms with Crippen LogP contribution >= 0.6 is 0 Å². The molecule has 112 valence electrons. The van der Waals surface area contributed by atoms with E-state index in [1.54, 1.807) is 0 Å². The zero-order chi connectivity index (χ0) is 15.2. The average molecular weight is 283 g/mol. The number of rotatable bonds is 1. The van der Waals surface area contributed by atoms with E-state index in [1.807, 2.05) is 0 Å². The fourth-order valence-electron chi connectivity index (χ4n) is 2.87. The molecule has 0 saturated heterocycles. The van der Waals surface area contributed by atoms with Crippen LogP contribution in [0.5, 0.6) is 0 Å². The monoisotopic (exact) mass is 283 g/mol. The summed E-state index contributed by atoms with van der Waals surface area (Å²) < 4.78 is 2.17. The maximum atomic E-state index is 4.89. The Morgan fingerprint density at radius 2 is 1.90 bits per heavy atom. The summed E-state index contributed by atoms with van der Waals surface area (Å²) in [5, 5.41) is 8.37. The summed E-state index contributed by atoms with van der Waals surface area (Å²) in [4.78, 5) is 0. The molecule has 0 spiro atoms. The van der Waals surface area contributed by atoms with Crippen molar-refractivity contribution in [1.82, 2.24) is 9.78 Å². The first-order chi connectivity index (χ1) is 9.86. The van der Waals surface area contributed by atoms with Crippen LogP contribution in [0.4, 0.5) is 5.82 Å². The van der Waals surface area contributed by atoms with E-state index < -0.39 is 0 Å². The molecule has 3 rings (SSSR count). The SMILES string of the molecule is Cc1ccc(C2CCNc3cc(C(C)(C)C)nn32)cc1C. The summed E-state index contributed by atoms with van der Waals surface area (Å²) in [5.41, 5.74) is 5.31. The number of hydrogen-bond acceptors (Lipinski definition) is 2. The highest BCUT2D eigenvalue weighted by Gasteiger charge is 2.26. The zero-order valence-corrected chi connectivity index (χ0v) is 13.7. The molecule has 2 aromatic rings. The van der Waals surface area contributed by atoms with Crippen molar-refractivity contribution in [2.75, 3.05) is 11.9 Å². The highest BCUT2D eigenvalue weighted by molar-refractivity contribution is 5.43. The molecule has 21 heavy (non-hydrogen) atoms. The quantitative estimate of drug-likeness (QED) is 0.850. The molecule has 2 heterocycles. The lowest BCUT2D eigenvalue weighted by atomic mass is 9.92. The van der Waals surface area contributed by atoms with Gasteiger partial charge in [0.1, 0.15) is 5.82 Å². The molecule has 3 nitrogen and oxygen atoms in total. The molecule has 1 atom stereocenters. The summed E-state index contributed by atoms with van der Waals surface area (Å²) in [6.07, 6.45) is 1.08. The van der Waals surface area contributed by atoms with Crippen LogP contribution in [0.25, 0.3) is 0 Å². The lowest BCUT2D eigenvalue weighted by Gasteiger charge is -2.26. The predicted molar refractivity (Wildman–Crippen MR) is 88.1 cm³/mol. The van der Waals surface area contributed by atoms with E-state index in [1.165, 1.54) is 16.7 Å². The molecule has 1 unspecified atom stereocenters. The molecule has 1 aliphatic rings. The van der Waals surface area contributed by atoms with Crippen molar-refractivity contribution < 1.29 is 0 Å². The summed E-state index contributed by atoms with van der Waals surface area (Å²) in [5.74, 6) is 1.15. The molecule has 1 N–H and O–H groups in total. The van der Waals surface area contributed by atoms with Gasteiger partial charge >= 0.3 is 0 Å². The minimum atomic E-state index is 0.0831. The molecule has 0 bridgehead atoms. The Hall–Kier alpha value is -1.77. The van der Waals surface area contributed by atoms with Crippen molar-refractivity contribution in [2.45, 2.75) is 52.5 Å². The van der Waals surface area contributed by atoms with Gasteiger partial charge in [-0.25, -0.2) is 4.68 Å². The molecular weight excluding hydrogens is 258 g/mol. The summed E-state index contributed by atoms with van der Waals surface area (Å²) >= 11 is 0. The van der Waals surface area contributed by atoms with Gasteiger partial charge in [0, 0.05) is 18.0 Å². The number of aromatic nitrogens is 2. The highest BCUT2D eigenvalue weighted by atomic mass is 15.4. The Morgan fingerprint density at radius 3 is 2.57 bits per heavy atom. The van der Waals surface area contributed by atoms with Crippen LogP contribution in [0.3, 0.4) is 0 Å². The van der Waals surface area contributed by atoms with Crippen molar-refractivity contribution in [1.29, 1.82) is 0 Å². The molecule has 1 aliphatic heterocycles. The van der Waals surface area contributed by atoms with Gasteiger partial charge in [0.2, 0.25) is 0 Å². The largest absolute Gasteiger partial charge is 0.370 e. The van der Waals surface area contributed by atoms with E-state index >= 15 is 0 Å². The number of anilines is 1. The molecule has 1 aromatic heterocycles. The average Bonchev–Trinajstić information content (AvgIpc) is 2.86. The van der Waals surface area contributed by atoms with Crippen LogP contribution in [0, 0.1) is 13.8 Å². The third-order valence-electron chi connectivity index (χ3n) is 4.44. The van der Waals surface area contributed by atoms with Gasteiger partial charge in [0.25, 0.3) is 0 Å². The van der Waals surface area contributed by atoms with Crippen molar-refractivity contribution in [3.8, 4) is 0 Å². The highest BCUT2D eigenvalue weighted by Crippen LogP contribution is 2.33. The molecule has 0 radical (unpaired) electrons. The number of hydrogen-bond donors (Lipinski definition) is 1. The maximum absolute atomic E-state index is 4.89. The lowest BCUT2D eigenvalue weighted by molar-refractivity contribution is 0.462. The zero-order valence-electron chi connectivity index (χ0n) is 13.7. The first-order valence-electron chi connectivity index (χ1n) is 7.77. The van der Waals surface area contributed by atoms with Crippen molar-refractivity contribution in [3.05, 3.63) is 46.6 Å². The van der Waals surface area contributed by atoms with Gasteiger partial charge in [-0.1, -0.05) is 39.0 Å². The van der Waals surface area contributed by atoms with Crippen LogP contribution in [0.15, 0.2) is 24.3 Å². The Morgan fingerprint density at radius 1 is 1.14 bits per heavy atom. The van der Waals surface area contributed by atoms with Gasteiger partial charge in [0.05, 0.1) is 11.7 Å². The third-order valence-corrected chi connectivity index (χ3v) is 4.44. The second-order valence-electron chi connectivity index (χ2n) is 7.18. The van der Waals surface area contributed by atoms with Crippen molar-refractivity contribution >= 4 is 5.82 Å². The molecule has 0 amide bonds. The second kappa shape index (κ2) is 4.90. The minimum Gasteiger partial charge on any atom is -0.370 e. The first kappa shape index (κ1) is 14.2. The number of benzene rings is 1. The number of nitrogens with one attached hydrogen (secondary N) is 1. The molecule has 0 saturated carbocycles. The van der Waals surface area contributed by atoms with Gasteiger partial charge in [-0.2, -0.15) is 5.10 Å². The Bertz CT molecular complexity index is 662. The topological polar surface area (TPSA) is 29.9 Å². The van der Waals surface area contributed by atoms with Crippen LogP contribution in [0.2, 0.25) is 0 Å². The number of nitrogens with zero attached hydrogens (tertiary/aromatic N) is 2. The lowest BCUT2D eigenvalue weighted by Crippen LogP contribution is -2.24. The second-order valence-corrected chi connectivity index (χ2v) is 7.18. The van der Waals surface area contributed by atoms with Gasteiger partial charge in [0.15, 0.2) is 0 Å². The van der Waals surface area contributed by atoms with Gasteiger partial charge in [-0.05, 0) is 37.0 Å². The van der Waals surface area contributed by atoms with E-state index in [2.05, 4.69) is 68.9 Å². The molecular formula is C18H25N3. The minimum absolute atomic E-state index is 0.0831. The van der Waals surface area contributed by atoms with Crippen molar-refractivity contribution in [3.63, 3.8) is 0 Å². The number of aryl methyl sites for hydroxylation is 2. The van der Waals surface area contributed by atoms with Crippen molar-refractivity contribution in [2.24, 2.45) is 0 Å². The van der Waals surface area contributed by atoms with E-state index in [0.717, 1.165) is 24.5 Å². The Labute approximate surface area is 127 Å². The van der Waals surface area contributed by atoms with E-state index in [9.17, 15) is 0 Å². The molecule has 1 aromatic carbocycles. The Kier molecular flexibility index (Phi) is 3.31. The van der Waals surface area contributed by atoms with Crippen LogP contribution in [-0.2, 0) is 5.41 Å². The fourth-order valence-corrected chi connectivity index (χ4v) is 2.87. The van der Waals surface area contributed by atoms with Gasteiger partial charge in [-0.3, -0.25) is 0 Å². The van der Waals surface area contributed by atoms with Crippen LogP contribution in [-0.4, -0.2) is 16.3 Å². The molecule has 0 aliphatic carbocycles. The summed E-state index contributed by atoms with van der Waals surface area (Å²) in [7, 11) is 0.